The zero-order valence-corrected chi connectivity index (χ0v) is 12.2. The fraction of sp³-hybridized carbons (Fsp3) is 0.417. The van der Waals surface area contributed by atoms with Crippen LogP contribution in [0.4, 0.5) is 5.69 Å². The molecule has 0 heterocycles. The average molecular weight is 286 g/mol. The molecular formula is C12H18N2O4S. The Hall–Kier alpha value is -1.60. The lowest BCUT2D eigenvalue weighted by Gasteiger charge is -2.21. The molecule has 0 aromatic heterocycles. The first-order valence-corrected chi connectivity index (χ1v) is 7.11. The van der Waals surface area contributed by atoms with Crippen LogP contribution >= 0.6 is 0 Å². The zero-order chi connectivity index (χ0) is 14.8. The highest BCUT2D eigenvalue weighted by atomic mass is 32.2. The second-order valence-corrected chi connectivity index (χ2v) is 6.33. The van der Waals surface area contributed by atoms with Crippen molar-refractivity contribution in [2.24, 2.45) is 0 Å². The van der Waals surface area contributed by atoms with Crippen molar-refractivity contribution in [3.63, 3.8) is 0 Å². The van der Waals surface area contributed by atoms with E-state index in [2.05, 4.69) is 4.74 Å². The van der Waals surface area contributed by atoms with Crippen molar-refractivity contribution < 1.29 is 17.9 Å². The molecule has 0 radical (unpaired) electrons. The number of nitrogen functional groups attached to an aromatic ring is 1. The molecule has 0 aliphatic rings. The molecule has 1 aromatic carbocycles. The molecule has 19 heavy (non-hydrogen) atoms. The average Bonchev–Trinajstić information content (AvgIpc) is 2.36. The molecule has 1 aromatic rings. The SMILES string of the molecule is COC(=O)c1ccc(S(=O)(=O)N(C)C(C)C)c(N)c1. The number of nitrogens with two attached hydrogens (primary N) is 1. The summed E-state index contributed by atoms with van der Waals surface area (Å²) in [6.07, 6.45) is 0. The third kappa shape index (κ3) is 3.05. The molecule has 7 heteroatoms. The molecule has 0 aliphatic heterocycles. The molecule has 0 saturated carbocycles. The topological polar surface area (TPSA) is 89.7 Å². The van der Waals surface area contributed by atoms with Crippen molar-refractivity contribution in [2.45, 2.75) is 24.8 Å². The number of sulfonamides is 1. The number of hydrogen-bond acceptors (Lipinski definition) is 5. The quantitative estimate of drug-likeness (QED) is 0.661. The van der Waals surface area contributed by atoms with Crippen molar-refractivity contribution in [3.05, 3.63) is 23.8 Å². The molecule has 0 amide bonds. The van der Waals surface area contributed by atoms with E-state index >= 15 is 0 Å². The Morgan fingerprint density at radius 1 is 1.37 bits per heavy atom. The van der Waals surface area contributed by atoms with E-state index in [4.69, 9.17) is 5.73 Å². The maximum atomic E-state index is 12.3. The highest BCUT2D eigenvalue weighted by molar-refractivity contribution is 7.89. The second-order valence-electron chi connectivity index (χ2n) is 4.36. The number of carbonyl (C=O) groups is 1. The summed E-state index contributed by atoms with van der Waals surface area (Å²) in [4.78, 5) is 11.3. The monoisotopic (exact) mass is 286 g/mol. The van der Waals surface area contributed by atoms with E-state index in [1.165, 1.54) is 36.7 Å². The predicted molar refractivity (Wildman–Crippen MR) is 72.3 cm³/mol. The summed E-state index contributed by atoms with van der Waals surface area (Å²) >= 11 is 0. The van der Waals surface area contributed by atoms with Gasteiger partial charge in [0, 0.05) is 13.1 Å². The molecule has 1 rings (SSSR count). The molecule has 0 saturated heterocycles. The van der Waals surface area contributed by atoms with Gasteiger partial charge >= 0.3 is 5.97 Å². The lowest BCUT2D eigenvalue weighted by Crippen LogP contribution is -2.33. The molecule has 6 nitrogen and oxygen atoms in total. The van der Waals surface area contributed by atoms with Gasteiger partial charge in [-0.25, -0.2) is 13.2 Å². The summed E-state index contributed by atoms with van der Waals surface area (Å²) in [6, 6.07) is 3.80. The van der Waals surface area contributed by atoms with E-state index in [9.17, 15) is 13.2 Å². The van der Waals surface area contributed by atoms with E-state index < -0.39 is 16.0 Å². The number of carbonyl (C=O) groups excluding carboxylic acids is 1. The number of ether oxygens (including phenoxy) is 1. The van der Waals surface area contributed by atoms with Gasteiger partial charge in [0.15, 0.2) is 0 Å². The molecular weight excluding hydrogens is 268 g/mol. The number of esters is 1. The molecule has 0 fully saturated rings. The van der Waals surface area contributed by atoms with Gasteiger partial charge in [0.25, 0.3) is 0 Å². The lowest BCUT2D eigenvalue weighted by atomic mass is 10.2. The number of nitrogens with zero attached hydrogens (tertiary/aromatic N) is 1. The summed E-state index contributed by atoms with van der Waals surface area (Å²) in [5.74, 6) is -0.562. The fourth-order valence-corrected chi connectivity index (χ4v) is 2.92. The molecule has 106 valence electrons. The minimum atomic E-state index is -3.66. The Balaban J connectivity index is 3.27. The normalized spacial score (nSPS) is 11.9. The second kappa shape index (κ2) is 5.58. The summed E-state index contributed by atoms with van der Waals surface area (Å²) in [5.41, 5.74) is 5.96. The third-order valence-corrected chi connectivity index (χ3v) is 4.92. The van der Waals surface area contributed by atoms with Crippen LogP contribution in [0.25, 0.3) is 0 Å². The summed E-state index contributed by atoms with van der Waals surface area (Å²) < 4.78 is 30.3. The molecule has 0 spiro atoms. The first-order chi connectivity index (χ1) is 8.71. The first kappa shape index (κ1) is 15.5. The van der Waals surface area contributed by atoms with Crippen LogP contribution < -0.4 is 5.73 Å². The number of benzene rings is 1. The third-order valence-electron chi connectivity index (χ3n) is 2.82. The lowest BCUT2D eigenvalue weighted by molar-refractivity contribution is 0.0600. The van der Waals surface area contributed by atoms with E-state index in [0.717, 1.165) is 0 Å². The van der Waals surface area contributed by atoms with Gasteiger partial charge in [-0.15, -0.1) is 0 Å². The largest absolute Gasteiger partial charge is 0.465 e. The minimum absolute atomic E-state index is 0.0173. The van der Waals surface area contributed by atoms with Crippen LogP contribution in [0.3, 0.4) is 0 Å². The maximum Gasteiger partial charge on any atom is 0.337 e. The number of methoxy groups -OCH3 is 1. The Labute approximate surface area is 113 Å². The molecule has 0 bridgehead atoms. The van der Waals surface area contributed by atoms with E-state index in [-0.39, 0.29) is 22.2 Å². The van der Waals surface area contributed by atoms with E-state index in [0.29, 0.717) is 0 Å². The van der Waals surface area contributed by atoms with Gasteiger partial charge in [-0.05, 0) is 32.0 Å². The zero-order valence-electron chi connectivity index (χ0n) is 11.4. The summed E-state index contributed by atoms with van der Waals surface area (Å²) in [7, 11) is -0.936. The van der Waals surface area contributed by atoms with Crippen LogP contribution in [0.5, 0.6) is 0 Å². The number of rotatable bonds is 4. The molecule has 0 unspecified atom stereocenters. The predicted octanol–water partition coefficient (Wildman–Crippen LogP) is 1.08. The van der Waals surface area contributed by atoms with E-state index in [1.54, 1.807) is 13.8 Å². The van der Waals surface area contributed by atoms with Crippen molar-refractivity contribution >= 4 is 21.7 Å². The van der Waals surface area contributed by atoms with Gasteiger partial charge in [0.2, 0.25) is 10.0 Å². The van der Waals surface area contributed by atoms with Gasteiger partial charge in [0.1, 0.15) is 4.90 Å². The van der Waals surface area contributed by atoms with Crippen molar-refractivity contribution in [1.82, 2.24) is 4.31 Å². The van der Waals surface area contributed by atoms with E-state index in [1.807, 2.05) is 0 Å². The Morgan fingerprint density at radius 2 is 1.95 bits per heavy atom. The Morgan fingerprint density at radius 3 is 2.37 bits per heavy atom. The van der Waals surface area contributed by atoms with Crippen molar-refractivity contribution in [1.29, 1.82) is 0 Å². The minimum Gasteiger partial charge on any atom is -0.465 e. The van der Waals surface area contributed by atoms with Crippen LogP contribution in [0.1, 0.15) is 24.2 Å². The standard InChI is InChI=1S/C12H18N2O4S/c1-8(2)14(3)19(16,17)11-6-5-9(7-10(11)13)12(15)18-4/h5-8H,13H2,1-4H3. The fourth-order valence-electron chi connectivity index (χ4n) is 1.46. The van der Waals surface area contributed by atoms with Gasteiger partial charge in [-0.1, -0.05) is 0 Å². The van der Waals surface area contributed by atoms with Crippen LogP contribution in [0.2, 0.25) is 0 Å². The van der Waals surface area contributed by atoms with Crippen LogP contribution in [-0.4, -0.2) is 38.9 Å². The van der Waals surface area contributed by atoms with Crippen LogP contribution in [-0.2, 0) is 14.8 Å². The van der Waals surface area contributed by atoms with Crippen molar-refractivity contribution in [3.8, 4) is 0 Å². The maximum absolute atomic E-state index is 12.3. The molecule has 0 aliphatic carbocycles. The summed E-state index contributed by atoms with van der Waals surface area (Å²) in [5, 5.41) is 0. The van der Waals surface area contributed by atoms with Crippen LogP contribution in [0.15, 0.2) is 23.1 Å². The van der Waals surface area contributed by atoms with Gasteiger partial charge < -0.3 is 10.5 Å². The van der Waals surface area contributed by atoms with Gasteiger partial charge in [-0.3, -0.25) is 0 Å². The molecule has 2 N–H and O–H groups in total. The Kier molecular flexibility index (Phi) is 4.54. The van der Waals surface area contributed by atoms with Crippen LogP contribution in [0, 0.1) is 0 Å². The highest BCUT2D eigenvalue weighted by Crippen LogP contribution is 2.24. The highest BCUT2D eigenvalue weighted by Gasteiger charge is 2.25. The molecule has 0 atom stereocenters. The first-order valence-electron chi connectivity index (χ1n) is 5.67. The summed E-state index contributed by atoms with van der Waals surface area (Å²) in [6.45, 7) is 3.52. The van der Waals surface area contributed by atoms with Gasteiger partial charge in [-0.2, -0.15) is 4.31 Å². The van der Waals surface area contributed by atoms with Gasteiger partial charge in [0.05, 0.1) is 18.4 Å². The smallest absolute Gasteiger partial charge is 0.337 e. The number of hydrogen-bond donors (Lipinski definition) is 1. The number of anilines is 1. The van der Waals surface area contributed by atoms with Crippen molar-refractivity contribution in [2.75, 3.05) is 19.9 Å². The Bertz CT molecular complexity index is 581.